The van der Waals surface area contributed by atoms with Crippen molar-refractivity contribution in [3.8, 4) is 5.75 Å². The van der Waals surface area contributed by atoms with Crippen LogP contribution >= 0.6 is 0 Å². The fourth-order valence-electron chi connectivity index (χ4n) is 1.58. The number of oxazole rings is 1. The molecular formula is C14H14FNO3. The summed E-state index contributed by atoms with van der Waals surface area (Å²) >= 11 is 0. The molecule has 0 saturated heterocycles. The van der Waals surface area contributed by atoms with Crippen LogP contribution < -0.4 is 4.74 Å². The largest absolute Gasteiger partial charge is 0.481 e. The molecule has 4 nitrogen and oxygen atoms in total. The van der Waals surface area contributed by atoms with Crippen molar-refractivity contribution in [2.45, 2.75) is 27.4 Å². The first-order valence-corrected chi connectivity index (χ1v) is 5.83. The van der Waals surface area contributed by atoms with Gasteiger partial charge in [-0.1, -0.05) is 0 Å². The number of aryl methyl sites for hydroxylation is 2. The van der Waals surface area contributed by atoms with Crippen LogP contribution in [0.3, 0.4) is 0 Å². The zero-order valence-corrected chi connectivity index (χ0v) is 11.0. The molecule has 2 rings (SSSR count). The molecular weight excluding hydrogens is 249 g/mol. The highest BCUT2D eigenvalue weighted by atomic mass is 19.1. The van der Waals surface area contributed by atoms with E-state index in [1.807, 2.05) is 6.92 Å². The Balaban J connectivity index is 2.09. The van der Waals surface area contributed by atoms with Crippen LogP contribution in [0.15, 0.2) is 22.6 Å². The first-order valence-electron chi connectivity index (χ1n) is 5.83. The summed E-state index contributed by atoms with van der Waals surface area (Å²) in [6.45, 7) is 5.05. The molecule has 0 saturated carbocycles. The number of hydrogen-bond donors (Lipinski definition) is 0. The van der Waals surface area contributed by atoms with Gasteiger partial charge in [-0.25, -0.2) is 9.37 Å². The highest BCUT2D eigenvalue weighted by Crippen LogP contribution is 2.20. The van der Waals surface area contributed by atoms with Gasteiger partial charge in [0.05, 0.1) is 5.69 Å². The summed E-state index contributed by atoms with van der Waals surface area (Å²) in [6, 6.07) is 4.10. The summed E-state index contributed by atoms with van der Waals surface area (Å²) in [4.78, 5) is 15.2. The van der Waals surface area contributed by atoms with E-state index in [0.29, 0.717) is 17.2 Å². The number of ketones is 1. The summed E-state index contributed by atoms with van der Waals surface area (Å²) in [7, 11) is 0. The van der Waals surface area contributed by atoms with Crippen LogP contribution in [-0.4, -0.2) is 10.8 Å². The van der Waals surface area contributed by atoms with Crippen LogP contribution in [-0.2, 0) is 6.61 Å². The second kappa shape index (κ2) is 5.22. The van der Waals surface area contributed by atoms with Crippen LogP contribution in [0.2, 0.25) is 0 Å². The van der Waals surface area contributed by atoms with Gasteiger partial charge in [0.15, 0.2) is 24.0 Å². The highest BCUT2D eigenvalue weighted by molar-refractivity contribution is 5.94. The van der Waals surface area contributed by atoms with Crippen molar-refractivity contribution in [2.24, 2.45) is 0 Å². The van der Waals surface area contributed by atoms with Crippen LogP contribution in [0.5, 0.6) is 5.75 Å². The van der Waals surface area contributed by atoms with Crippen molar-refractivity contribution in [1.29, 1.82) is 0 Å². The summed E-state index contributed by atoms with van der Waals surface area (Å²) in [5.74, 6) is 0.409. The minimum atomic E-state index is -0.576. The second-order valence-electron chi connectivity index (χ2n) is 4.24. The molecule has 0 amide bonds. The molecule has 1 heterocycles. The van der Waals surface area contributed by atoms with Crippen LogP contribution in [0, 0.1) is 19.7 Å². The molecule has 0 spiro atoms. The number of ether oxygens (including phenoxy) is 1. The van der Waals surface area contributed by atoms with E-state index in [9.17, 15) is 9.18 Å². The topological polar surface area (TPSA) is 52.3 Å². The Labute approximate surface area is 110 Å². The fourth-order valence-corrected chi connectivity index (χ4v) is 1.58. The van der Waals surface area contributed by atoms with Crippen molar-refractivity contribution < 1.29 is 18.3 Å². The molecule has 100 valence electrons. The molecule has 0 bridgehead atoms. The molecule has 0 atom stereocenters. The minimum Gasteiger partial charge on any atom is -0.481 e. The Morgan fingerprint density at radius 3 is 2.68 bits per heavy atom. The van der Waals surface area contributed by atoms with Gasteiger partial charge >= 0.3 is 0 Å². The van der Waals surface area contributed by atoms with Crippen LogP contribution in [0.25, 0.3) is 0 Å². The summed E-state index contributed by atoms with van der Waals surface area (Å²) < 4.78 is 24.3. The van der Waals surface area contributed by atoms with E-state index in [-0.39, 0.29) is 18.1 Å². The van der Waals surface area contributed by atoms with E-state index in [4.69, 9.17) is 9.15 Å². The number of aromatic nitrogens is 1. The number of benzene rings is 1. The molecule has 1 aromatic heterocycles. The third kappa shape index (κ3) is 2.99. The average Bonchev–Trinajstić information content (AvgIpc) is 2.67. The first-order chi connectivity index (χ1) is 8.97. The summed E-state index contributed by atoms with van der Waals surface area (Å²) in [5.41, 5.74) is 1.10. The van der Waals surface area contributed by atoms with Gasteiger partial charge in [0.25, 0.3) is 0 Å². The standard InChI is InChI=1S/C14H14FNO3/c1-8-10(3)19-14(16-8)7-18-13-5-4-11(9(2)17)6-12(13)15/h4-6H,7H2,1-3H3. The fraction of sp³-hybridized carbons (Fsp3) is 0.286. The molecule has 2 aromatic rings. The van der Waals surface area contributed by atoms with Gasteiger partial charge < -0.3 is 9.15 Å². The number of hydrogen-bond acceptors (Lipinski definition) is 4. The Morgan fingerprint density at radius 2 is 2.16 bits per heavy atom. The molecule has 0 aliphatic carbocycles. The number of halogens is 1. The van der Waals surface area contributed by atoms with Crippen molar-refractivity contribution in [2.75, 3.05) is 0 Å². The van der Waals surface area contributed by atoms with Crippen molar-refractivity contribution >= 4 is 5.78 Å². The Bertz CT molecular complexity index is 600. The lowest BCUT2D eigenvalue weighted by Gasteiger charge is -2.05. The Morgan fingerprint density at radius 1 is 1.42 bits per heavy atom. The monoisotopic (exact) mass is 263 g/mol. The molecule has 5 heteroatoms. The van der Waals surface area contributed by atoms with Crippen LogP contribution in [0.4, 0.5) is 4.39 Å². The van der Waals surface area contributed by atoms with Gasteiger partial charge in [-0.05, 0) is 39.0 Å². The predicted octanol–water partition coefficient (Wildman–Crippen LogP) is 3.21. The molecule has 0 N–H and O–H groups in total. The number of Topliss-reactive ketones (excluding diaryl/α,β-unsaturated/α-hetero) is 1. The lowest BCUT2D eigenvalue weighted by atomic mass is 10.1. The van der Waals surface area contributed by atoms with Crippen LogP contribution in [0.1, 0.15) is 34.6 Å². The third-order valence-corrected chi connectivity index (χ3v) is 2.76. The third-order valence-electron chi connectivity index (χ3n) is 2.76. The lowest BCUT2D eigenvalue weighted by molar-refractivity contribution is 0.101. The maximum Gasteiger partial charge on any atom is 0.232 e. The molecule has 0 aliphatic heterocycles. The molecule has 0 radical (unpaired) electrons. The number of carbonyl (C=O) groups is 1. The van der Waals surface area contributed by atoms with E-state index < -0.39 is 5.82 Å². The lowest BCUT2D eigenvalue weighted by Crippen LogP contribution is -2.00. The molecule has 0 fully saturated rings. The highest BCUT2D eigenvalue weighted by Gasteiger charge is 2.10. The number of rotatable bonds is 4. The maximum absolute atomic E-state index is 13.7. The first kappa shape index (κ1) is 13.3. The molecule has 19 heavy (non-hydrogen) atoms. The van der Waals surface area contributed by atoms with E-state index in [1.54, 1.807) is 6.92 Å². The quantitative estimate of drug-likeness (QED) is 0.795. The van der Waals surface area contributed by atoms with Gasteiger partial charge in [0.2, 0.25) is 5.89 Å². The van der Waals surface area contributed by atoms with E-state index in [1.165, 1.54) is 19.1 Å². The second-order valence-corrected chi connectivity index (χ2v) is 4.24. The number of carbonyl (C=O) groups excluding carboxylic acids is 1. The Hall–Kier alpha value is -2.17. The zero-order valence-electron chi connectivity index (χ0n) is 11.0. The molecule has 1 aromatic carbocycles. The van der Waals surface area contributed by atoms with Gasteiger partial charge in [-0.3, -0.25) is 4.79 Å². The van der Waals surface area contributed by atoms with E-state index in [0.717, 1.165) is 11.8 Å². The summed E-state index contributed by atoms with van der Waals surface area (Å²) in [6.07, 6.45) is 0. The van der Waals surface area contributed by atoms with Crippen molar-refractivity contribution in [3.63, 3.8) is 0 Å². The smallest absolute Gasteiger partial charge is 0.232 e. The van der Waals surface area contributed by atoms with Crippen molar-refractivity contribution in [1.82, 2.24) is 4.98 Å². The maximum atomic E-state index is 13.7. The zero-order chi connectivity index (χ0) is 14.0. The predicted molar refractivity (Wildman–Crippen MR) is 66.7 cm³/mol. The molecule has 0 unspecified atom stereocenters. The molecule has 0 aliphatic rings. The van der Waals surface area contributed by atoms with Gasteiger partial charge in [-0.15, -0.1) is 0 Å². The SMILES string of the molecule is CC(=O)c1ccc(OCc2nc(C)c(C)o2)c(F)c1. The van der Waals surface area contributed by atoms with Gasteiger partial charge in [-0.2, -0.15) is 0 Å². The minimum absolute atomic E-state index is 0.0466. The van der Waals surface area contributed by atoms with Gasteiger partial charge in [0.1, 0.15) is 5.76 Å². The normalized spacial score (nSPS) is 10.5. The average molecular weight is 263 g/mol. The van der Waals surface area contributed by atoms with E-state index in [2.05, 4.69) is 4.98 Å². The Kier molecular flexibility index (Phi) is 3.64. The van der Waals surface area contributed by atoms with Crippen molar-refractivity contribution in [3.05, 3.63) is 46.9 Å². The summed E-state index contributed by atoms with van der Waals surface area (Å²) in [5, 5.41) is 0. The van der Waals surface area contributed by atoms with E-state index >= 15 is 0 Å². The van der Waals surface area contributed by atoms with Gasteiger partial charge in [0, 0.05) is 5.56 Å². The number of nitrogens with zero attached hydrogens (tertiary/aromatic N) is 1.